The summed E-state index contributed by atoms with van der Waals surface area (Å²) in [4.78, 5) is 7.95. The molecule has 0 bridgehead atoms. The van der Waals surface area contributed by atoms with Crippen molar-refractivity contribution in [3.63, 3.8) is 0 Å². The van der Waals surface area contributed by atoms with Gasteiger partial charge in [-0.1, -0.05) is 6.58 Å². The third kappa shape index (κ3) is 2.96. The Morgan fingerprint density at radius 2 is 2.29 bits per heavy atom. The van der Waals surface area contributed by atoms with Crippen LogP contribution in [0.25, 0.3) is 0 Å². The summed E-state index contributed by atoms with van der Waals surface area (Å²) in [6.07, 6.45) is 4.64. The Hall–Kier alpha value is -1.16. The average Bonchev–Trinajstić information content (AvgIpc) is 2.14. The molecule has 0 saturated carbocycles. The fourth-order valence-corrected chi connectivity index (χ4v) is 1.52. The molecular weight excluding hydrogens is 199 g/mol. The van der Waals surface area contributed by atoms with Crippen LogP contribution in [0.15, 0.2) is 35.7 Å². The molecule has 0 aliphatic carbocycles. The monoisotopic (exact) mass is 210 g/mol. The van der Waals surface area contributed by atoms with Gasteiger partial charge in [0.25, 0.3) is 0 Å². The lowest BCUT2D eigenvalue weighted by molar-refractivity contribution is 0.621. The largest absolute Gasteiger partial charge is 0.261 e. The van der Waals surface area contributed by atoms with Gasteiger partial charge in [0.2, 0.25) is 0 Å². The van der Waals surface area contributed by atoms with Gasteiger partial charge in [-0.25, -0.2) is 9.38 Å². The lowest BCUT2D eigenvalue weighted by Crippen LogP contribution is -1.97. The molecule has 1 aromatic rings. The molecule has 0 fully saturated rings. The van der Waals surface area contributed by atoms with Crippen LogP contribution in [0.4, 0.5) is 4.39 Å². The second-order valence-corrected chi connectivity index (χ2v) is 3.54. The standard InChI is InChI=1S/C10H11FN2S/c1-7(2)13-10(14-3)8-4-9(11)6-12-5-8/h4-6H,1H2,2-3H3. The molecule has 0 atom stereocenters. The highest BCUT2D eigenvalue weighted by Gasteiger charge is 2.03. The Morgan fingerprint density at radius 3 is 2.79 bits per heavy atom. The van der Waals surface area contributed by atoms with Crippen molar-refractivity contribution < 1.29 is 4.39 Å². The molecule has 74 valence electrons. The summed E-state index contributed by atoms with van der Waals surface area (Å²) in [7, 11) is 0. The summed E-state index contributed by atoms with van der Waals surface area (Å²) in [5.74, 6) is -0.356. The first kappa shape index (κ1) is 10.9. The molecule has 0 aliphatic heterocycles. The van der Waals surface area contributed by atoms with Crippen LogP contribution < -0.4 is 0 Å². The summed E-state index contributed by atoms with van der Waals surface area (Å²) in [5.41, 5.74) is 1.37. The van der Waals surface area contributed by atoms with E-state index < -0.39 is 0 Å². The Balaban J connectivity index is 3.07. The number of halogens is 1. The van der Waals surface area contributed by atoms with Crippen molar-refractivity contribution >= 4 is 16.8 Å². The second-order valence-electron chi connectivity index (χ2n) is 2.75. The molecule has 0 amide bonds. The number of pyridine rings is 1. The van der Waals surface area contributed by atoms with Gasteiger partial charge in [0.05, 0.1) is 6.20 Å². The van der Waals surface area contributed by atoms with E-state index in [-0.39, 0.29) is 5.82 Å². The van der Waals surface area contributed by atoms with Crippen LogP contribution in [-0.4, -0.2) is 16.3 Å². The van der Waals surface area contributed by atoms with Crippen molar-refractivity contribution in [3.8, 4) is 0 Å². The first-order chi connectivity index (χ1) is 6.63. The Bertz CT molecular complexity index is 374. The molecule has 0 N–H and O–H groups in total. The van der Waals surface area contributed by atoms with E-state index in [0.29, 0.717) is 11.3 Å². The number of aliphatic imine (C=N–C) groups is 1. The maximum Gasteiger partial charge on any atom is 0.142 e. The predicted octanol–water partition coefficient (Wildman–Crippen LogP) is 2.86. The number of thioether (sulfide) groups is 1. The first-order valence-electron chi connectivity index (χ1n) is 4.02. The minimum Gasteiger partial charge on any atom is -0.261 e. The van der Waals surface area contributed by atoms with Crippen LogP contribution >= 0.6 is 11.8 Å². The van der Waals surface area contributed by atoms with Crippen LogP contribution in [0.2, 0.25) is 0 Å². The molecule has 0 saturated heterocycles. The zero-order valence-corrected chi connectivity index (χ0v) is 8.94. The van der Waals surface area contributed by atoms with Gasteiger partial charge in [0, 0.05) is 17.5 Å². The van der Waals surface area contributed by atoms with Gasteiger partial charge >= 0.3 is 0 Å². The fourth-order valence-electron chi connectivity index (χ4n) is 0.930. The summed E-state index contributed by atoms with van der Waals surface area (Å²) >= 11 is 1.44. The smallest absolute Gasteiger partial charge is 0.142 e. The van der Waals surface area contributed by atoms with Crippen LogP contribution in [0.1, 0.15) is 12.5 Å². The number of aromatic nitrogens is 1. The Kier molecular flexibility index (Phi) is 3.83. The van der Waals surface area contributed by atoms with E-state index in [0.717, 1.165) is 5.04 Å². The number of allylic oxidation sites excluding steroid dienone is 1. The van der Waals surface area contributed by atoms with Crippen LogP contribution in [0.3, 0.4) is 0 Å². The van der Waals surface area contributed by atoms with Gasteiger partial charge in [0.1, 0.15) is 10.9 Å². The zero-order valence-electron chi connectivity index (χ0n) is 8.12. The highest BCUT2D eigenvalue weighted by Crippen LogP contribution is 2.13. The Morgan fingerprint density at radius 1 is 1.57 bits per heavy atom. The van der Waals surface area contributed by atoms with E-state index in [1.807, 2.05) is 6.26 Å². The van der Waals surface area contributed by atoms with Gasteiger partial charge in [0.15, 0.2) is 0 Å². The van der Waals surface area contributed by atoms with E-state index in [1.54, 1.807) is 13.1 Å². The number of rotatable bonds is 2. The first-order valence-corrected chi connectivity index (χ1v) is 5.25. The summed E-state index contributed by atoms with van der Waals surface area (Å²) in [6.45, 7) is 5.47. The highest BCUT2D eigenvalue weighted by atomic mass is 32.2. The topological polar surface area (TPSA) is 25.2 Å². The third-order valence-corrected chi connectivity index (χ3v) is 2.15. The third-order valence-electron chi connectivity index (χ3n) is 1.44. The van der Waals surface area contributed by atoms with Crippen molar-refractivity contribution in [3.05, 3.63) is 42.1 Å². The van der Waals surface area contributed by atoms with Gasteiger partial charge in [-0.2, -0.15) is 0 Å². The molecular formula is C10H11FN2S. The van der Waals surface area contributed by atoms with E-state index >= 15 is 0 Å². The van der Waals surface area contributed by atoms with Crippen molar-refractivity contribution in [2.45, 2.75) is 6.92 Å². The molecule has 0 aliphatic rings. The SMILES string of the molecule is C=C(C)N=C(SC)c1cncc(F)c1. The van der Waals surface area contributed by atoms with E-state index in [2.05, 4.69) is 16.6 Å². The minimum atomic E-state index is -0.356. The molecule has 0 aromatic carbocycles. The molecule has 0 unspecified atom stereocenters. The maximum absolute atomic E-state index is 12.9. The van der Waals surface area contributed by atoms with Crippen LogP contribution in [0.5, 0.6) is 0 Å². The predicted molar refractivity (Wildman–Crippen MR) is 59.1 cm³/mol. The van der Waals surface area contributed by atoms with Crippen LogP contribution in [-0.2, 0) is 0 Å². The highest BCUT2D eigenvalue weighted by molar-refractivity contribution is 8.13. The van der Waals surface area contributed by atoms with Gasteiger partial charge in [-0.15, -0.1) is 11.8 Å². The second kappa shape index (κ2) is 4.91. The molecule has 0 radical (unpaired) electrons. The number of nitrogens with zero attached hydrogens (tertiary/aromatic N) is 2. The van der Waals surface area contributed by atoms with E-state index in [4.69, 9.17) is 0 Å². The van der Waals surface area contributed by atoms with Crippen molar-refractivity contribution in [2.24, 2.45) is 4.99 Å². The fraction of sp³-hybridized carbons (Fsp3) is 0.200. The molecule has 2 nitrogen and oxygen atoms in total. The summed E-state index contributed by atoms with van der Waals surface area (Å²) in [6, 6.07) is 1.41. The van der Waals surface area contributed by atoms with Gasteiger partial charge in [-0.3, -0.25) is 4.98 Å². The van der Waals surface area contributed by atoms with Gasteiger partial charge < -0.3 is 0 Å². The molecule has 1 heterocycles. The van der Waals surface area contributed by atoms with Gasteiger partial charge in [-0.05, 0) is 19.2 Å². The number of hydrogen-bond acceptors (Lipinski definition) is 3. The number of hydrogen-bond donors (Lipinski definition) is 0. The van der Waals surface area contributed by atoms with Crippen LogP contribution in [0, 0.1) is 5.82 Å². The quantitative estimate of drug-likeness (QED) is 0.554. The van der Waals surface area contributed by atoms with Crippen molar-refractivity contribution in [2.75, 3.05) is 6.26 Å². The van der Waals surface area contributed by atoms with E-state index in [1.165, 1.54) is 24.0 Å². The lowest BCUT2D eigenvalue weighted by Gasteiger charge is -2.02. The zero-order chi connectivity index (χ0) is 10.6. The minimum absolute atomic E-state index is 0.356. The van der Waals surface area contributed by atoms with Crippen molar-refractivity contribution in [1.82, 2.24) is 4.98 Å². The molecule has 0 spiro atoms. The summed E-state index contributed by atoms with van der Waals surface area (Å²) in [5, 5.41) is 0.726. The normalized spacial score (nSPS) is 11.5. The molecule has 14 heavy (non-hydrogen) atoms. The average molecular weight is 210 g/mol. The molecule has 1 aromatic heterocycles. The summed E-state index contributed by atoms with van der Waals surface area (Å²) < 4.78 is 12.9. The lowest BCUT2D eigenvalue weighted by atomic mass is 10.3. The van der Waals surface area contributed by atoms with Crippen molar-refractivity contribution in [1.29, 1.82) is 0 Å². The maximum atomic E-state index is 12.9. The molecule has 1 rings (SSSR count). The molecule has 4 heteroatoms. The van der Waals surface area contributed by atoms with E-state index in [9.17, 15) is 4.39 Å². The Labute approximate surface area is 87.0 Å².